The standard InChI is InChI=1S/C23H30N2O6/c1-15-7-12-20(30-14-16-8-10-17(28-5)11-9-16)18(24-15)13-19(21(26)29-6)25-22(27)31-23(2,3)4/h7-12,19H,13-14H2,1-6H3,(H,25,27)/t19-/m0/s1. The Kier molecular flexibility index (Phi) is 8.24. The summed E-state index contributed by atoms with van der Waals surface area (Å²) in [7, 11) is 2.87. The van der Waals surface area contributed by atoms with E-state index in [2.05, 4.69) is 10.3 Å². The van der Waals surface area contributed by atoms with Gasteiger partial charge in [-0.2, -0.15) is 0 Å². The molecule has 2 aromatic rings. The van der Waals surface area contributed by atoms with E-state index in [9.17, 15) is 9.59 Å². The summed E-state index contributed by atoms with van der Waals surface area (Å²) >= 11 is 0. The van der Waals surface area contributed by atoms with E-state index in [1.165, 1.54) is 7.11 Å². The van der Waals surface area contributed by atoms with Crippen LogP contribution in [0, 0.1) is 6.92 Å². The molecule has 0 bridgehead atoms. The highest BCUT2D eigenvalue weighted by Crippen LogP contribution is 2.21. The Hall–Kier alpha value is -3.29. The normalized spacial score (nSPS) is 11.9. The van der Waals surface area contributed by atoms with Crippen molar-refractivity contribution in [3.63, 3.8) is 0 Å². The molecular formula is C23H30N2O6. The maximum atomic E-state index is 12.3. The highest BCUT2D eigenvalue weighted by molar-refractivity contribution is 5.81. The number of aryl methyl sites for hydroxylation is 1. The molecule has 0 saturated carbocycles. The molecule has 0 aliphatic carbocycles. The number of aromatic nitrogens is 1. The van der Waals surface area contributed by atoms with Gasteiger partial charge in [0.2, 0.25) is 0 Å². The number of nitrogens with one attached hydrogen (secondary N) is 1. The fraction of sp³-hybridized carbons (Fsp3) is 0.435. The zero-order chi connectivity index (χ0) is 23.0. The van der Waals surface area contributed by atoms with Gasteiger partial charge in [-0.1, -0.05) is 12.1 Å². The predicted octanol–water partition coefficient (Wildman–Crippen LogP) is 3.59. The van der Waals surface area contributed by atoms with Gasteiger partial charge in [0, 0.05) is 12.1 Å². The van der Waals surface area contributed by atoms with Crippen molar-refractivity contribution >= 4 is 12.1 Å². The fourth-order valence-electron chi connectivity index (χ4n) is 2.74. The number of carbonyl (C=O) groups excluding carboxylic acids is 2. The molecule has 1 N–H and O–H groups in total. The predicted molar refractivity (Wildman–Crippen MR) is 115 cm³/mol. The number of carbonyl (C=O) groups is 2. The van der Waals surface area contributed by atoms with Crippen molar-refractivity contribution in [1.29, 1.82) is 0 Å². The number of hydrogen-bond donors (Lipinski definition) is 1. The van der Waals surface area contributed by atoms with Crippen LogP contribution >= 0.6 is 0 Å². The number of amides is 1. The second-order valence-electron chi connectivity index (χ2n) is 7.96. The zero-order valence-corrected chi connectivity index (χ0v) is 18.9. The Morgan fingerprint density at radius 1 is 1.06 bits per heavy atom. The Balaban J connectivity index is 2.16. The van der Waals surface area contributed by atoms with Crippen LogP contribution < -0.4 is 14.8 Å². The van der Waals surface area contributed by atoms with Crippen LogP contribution in [0.3, 0.4) is 0 Å². The number of pyridine rings is 1. The third kappa shape index (κ3) is 7.81. The minimum atomic E-state index is -0.975. The molecule has 0 saturated heterocycles. The second kappa shape index (κ2) is 10.7. The van der Waals surface area contributed by atoms with E-state index in [4.69, 9.17) is 18.9 Å². The number of ether oxygens (including phenoxy) is 4. The first kappa shape index (κ1) is 24.0. The lowest BCUT2D eigenvalue weighted by Crippen LogP contribution is -2.45. The first-order chi connectivity index (χ1) is 14.6. The molecule has 168 valence electrons. The monoisotopic (exact) mass is 430 g/mol. The van der Waals surface area contributed by atoms with Crippen LogP contribution in [0.5, 0.6) is 11.5 Å². The summed E-state index contributed by atoms with van der Waals surface area (Å²) in [4.78, 5) is 29.0. The Labute approximate surface area is 182 Å². The largest absolute Gasteiger partial charge is 0.497 e. The van der Waals surface area contributed by atoms with Crippen LogP contribution in [0.4, 0.5) is 4.79 Å². The molecule has 1 heterocycles. The van der Waals surface area contributed by atoms with Crippen LogP contribution in [0.15, 0.2) is 36.4 Å². The molecule has 0 spiro atoms. The van der Waals surface area contributed by atoms with Crippen molar-refractivity contribution in [3.8, 4) is 11.5 Å². The molecule has 1 aromatic heterocycles. The summed E-state index contributed by atoms with van der Waals surface area (Å²) in [5.74, 6) is 0.673. The molecule has 0 fully saturated rings. The van der Waals surface area contributed by atoms with Crippen molar-refractivity contribution in [2.45, 2.75) is 52.4 Å². The van der Waals surface area contributed by atoms with Gasteiger partial charge in [-0.05, 0) is 57.5 Å². The molecule has 8 heteroatoms. The molecule has 0 aliphatic heterocycles. The summed E-state index contributed by atoms with van der Waals surface area (Å²) in [5.41, 5.74) is 1.54. The SMILES string of the molecule is COC(=O)[C@H](Cc1nc(C)ccc1OCc1ccc(OC)cc1)NC(=O)OC(C)(C)C. The van der Waals surface area contributed by atoms with Crippen LogP contribution in [0.2, 0.25) is 0 Å². The summed E-state index contributed by atoms with van der Waals surface area (Å²) in [6.45, 7) is 7.38. The fourth-order valence-corrected chi connectivity index (χ4v) is 2.74. The minimum Gasteiger partial charge on any atom is -0.497 e. The van der Waals surface area contributed by atoms with Gasteiger partial charge in [-0.25, -0.2) is 9.59 Å². The van der Waals surface area contributed by atoms with E-state index in [0.29, 0.717) is 18.1 Å². The number of esters is 1. The highest BCUT2D eigenvalue weighted by Gasteiger charge is 2.27. The van der Waals surface area contributed by atoms with Crippen LogP contribution in [-0.2, 0) is 27.3 Å². The van der Waals surface area contributed by atoms with Crippen molar-refractivity contribution in [3.05, 3.63) is 53.3 Å². The number of methoxy groups -OCH3 is 2. The summed E-state index contributed by atoms with van der Waals surface area (Å²) in [6.07, 6.45) is -0.623. The summed E-state index contributed by atoms with van der Waals surface area (Å²) in [5, 5.41) is 2.56. The molecule has 0 aliphatic rings. The average molecular weight is 431 g/mol. The lowest BCUT2D eigenvalue weighted by molar-refractivity contribution is -0.143. The van der Waals surface area contributed by atoms with Crippen molar-refractivity contribution < 1.29 is 28.5 Å². The van der Waals surface area contributed by atoms with E-state index in [1.54, 1.807) is 33.9 Å². The lowest BCUT2D eigenvalue weighted by atomic mass is 10.1. The summed E-state index contributed by atoms with van der Waals surface area (Å²) < 4.78 is 21.2. The zero-order valence-electron chi connectivity index (χ0n) is 18.9. The van der Waals surface area contributed by atoms with Gasteiger partial charge in [0.25, 0.3) is 0 Å². The van der Waals surface area contributed by atoms with Gasteiger partial charge in [0.15, 0.2) is 0 Å². The van der Waals surface area contributed by atoms with Gasteiger partial charge in [0.1, 0.15) is 29.7 Å². The summed E-state index contributed by atoms with van der Waals surface area (Å²) in [6, 6.07) is 10.2. The molecule has 0 radical (unpaired) electrons. The Bertz CT molecular complexity index is 890. The number of benzene rings is 1. The van der Waals surface area contributed by atoms with Gasteiger partial charge in [-0.15, -0.1) is 0 Å². The average Bonchev–Trinajstić information content (AvgIpc) is 2.71. The first-order valence-electron chi connectivity index (χ1n) is 9.91. The van der Waals surface area contributed by atoms with E-state index in [0.717, 1.165) is 17.0 Å². The molecule has 1 atom stereocenters. The molecule has 0 unspecified atom stereocenters. The maximum absolute atomic E-state index is 12.3. The minimum absolute atomic E-state index is 0.0888. The van der Waals surface area contributed by atoms with E-state index >= 15 is 0 Å². The van der Waals surface area contributed by atoms with Gasteiger partial charge in [0.05, 0.1) is 19.9 Å². The van der Waals surface area contributed by atoms with Crippen molar-refractivity contribution in [2.24, 2.45) is 0 Å². The third-order valence-corrected chi connectivity index (χ3v) is 4.20. The molecule has 2 rings (SSSR count). The molecule has 8 nitrogen and oxygen atoms in total. The third-order valence-electron chi connectivity index (χ3n) is 4.20. The second-order valence-corrected chi connectivity index (χ2v) is 7.96. The number of rotatable bonds is 8. The van der Waals surface area contributed by atoms with Gasteiger partial charge in [-0.3, -0.25) is 4.98 Å². The van der Waals surface area contributed by atoms with Gasteiger partial charge >= 0.3 is 12.1 Å². The Morgan fingerprint density at radius 3 is 2.32 bits per heavy atom. The molecule has 1 aromatic carbocycles. The van der Waals surface area contributed by atoms with Crippen LogP contribution in [0.1, 0.15) is 37.7 Å². The maximum Gasteiger partial charge on any atom is 0.408 e. The van der Waals surface area contributed by atoms with E-state index in [-0.39, 0.29) is 6.42 Å². The van der Waals surface area contributed by atoms with E-state index < -0.39 is 23.7 Å². The quantitative estimate of drug-likeness (QED) is 0.640. The number of hydrogen-bond acceptors (Lipinski definition) is 7. The lowest BCUT2D eigenvalue weighted by Gasteiger charge is -2.23. The number of nitrogens with zero attached hydrogens (tertiary/aromatic N) is 1. The Morgan fingerprint density at radius 2 is 1.74 bits per heavy atom. The first-order valence-corrected chi connectivity index (χ1v) is 9.91. The van der Waals surface area contributed by atoms with Gasteiger partial charge < -0.3 is 24.3 Å². The smallest absolute Gasteiger partial charge is 0.408 e. The van der Waals surface area contributed by atoms with Crippen molar-refractivity contribution in [2.75, 3.05) is 14.2 Å². The van der Waals surface area contributed by atoms with E-state index in [1.807, 2.05) is 37.3 Å². The highest BCUT2D eigenvalue weighted by atomic mass is 16.6. The molecule has 31 heavy (non-hydrogen) atoms. The molecular weight excluding hydrogens is 400 g/mol. The molecule has 1 amide bonds. The van der Waals surface area contributed by atoms with Crippen molar-refractivity contribution in [1.82, 2.24) is 10.3 Å². The van der Waals surface area contributed by atoms with Crippen LogP contribution in [-0.4, -0.2) is 42.9 Å². The van der Waals surface area contributed by atoms with Crippen LogP contribution in [0.25, 0.3) is 0 Å². The number of alkyl carbamates (subject to hydrolysis) is 1. The topological polar surface area (TPSA) is 96.0 Å².